The molecule has 9 heteroatoms. The smallest absolute Gasteiger partial charge is 0.338 e. The molecule has 0 aliphatic heterocycles. The van der Waals surface area contributed by atoms with Gasteiger partial charge in [0.15, 0.2) is 0 Å². The van der Waals surface area contributed by atoms with E-state index in [1.165, 1.54) is 0 Å². The quantitative estimate of drug-likeness (QED) is 0.721. The van der Waals surface area contributed by atoms with Crippen LogP contribution in [0.25, 0.3) is 10.2 Å². The lowest BCUT2D eigenvalue weighted by molar-refractivity contribution is -0.125. The van der Waals surface area contributed by atoms with Crippen LogP contribution < -0.4 is 10.6 Å². The highest BCUT2D eigenvalue weighted by molar-refractivity contribution is 7.18. The van der Waals surface area contributed by atoms with Gasteiger partial charge in [-0.15, -0.1) is 11.3 Å². The maximum atomic E-state index is 13.6. The molecule has 2 aromatic rings. The number of rotatable bonds is 6. The summed E-state index contributed by atoms with van der Waals surface area (Å²) in [6, 6.07) is 2.48. The Morgan fingerprint density at radius 2 is 2.04 bits per heavy atom. The molecule has 126 valence electrons. The van der Waals surface area contributed by atoms with Crippen molar-refractivity contribution < 1.29 is 23.9 Å². The number of carboxylic acid groups (broad SMARTS) is 1. The molecular formula is C15H14FN3O4S. The number of aromatic nitrogens is 1. The Hall–Kier alpha value is -2.55. The first kappa shape index (κ1) is 16.3. The Balaban J connectivity index is 1.62. The number of aromatic carboxylic acids is 1. The van der Waals surface area contributed by atoms with Gasteiger partial charge in [-0.25, -0.2) is 14.2 Å². The Morgan fingerprint density at radius 1 is 1.29 bits per heavy atom. The molecule has 1 fully saturated rings. The minimum Gasteiger partial charge on any atom is -0.478 e. The van der Waals surface area contributed by atoms with Crippen LogP contribution >= 0.6 is 11.3 Å². The molecule has 0 saturated heterocycles. The highest BCUT2D eigenvalue weighted by atomic mass is 32.1. The minimum atomic E-state index is -1.37. The summed E-state index contributed by atoms with van der Waals surface area (Å²) in [6.45, 7) is -0.0992. The number of carbonyl (C=O) groups is 3. The fourth-order valence-corrected chi connectivity index (χ4v) is 3.09. The Kier molecular flexibility index (Phi) is 4.43. The van der Waals surface area contributed by atoms with Crippen molar-refractivity contribution in [3.8, 4) is 0 Å². The fraction of sp³-hybridized carbons (Fsp3) is 0.333. The standard InChI is InChI=1S/C15H14FN3O4S/c16-9-4-11-10(3-8(9)15(22)23)19-14(24-11)5-12(20)17-6-13(21)18-7-1-2-7/h3-4,7H,1-2,5-6H2,(H,17,20)(H,18,21)(H,22,23). The molecule has 1 aromatic heterocycles. The summed E-state index contributed by atoms with van der Waals surface area (Å²) >= 11 is 1.11. The van der Waals surface area contributed by atoms with Crippen molar-refractivity contribution in [2.45, 2.75) is 25.3 Å². The number of hydrogen-bond acceptors (Lipinski definition) is 5. The molecule has 24 heavy (non-hydrogen) atoms. The zero-order valence-electron chi connectivity index (χ0n) is 12.5. The summed E-state index contributed by atoms with van der Waals surface area (Å²) in [5.41, 5.74) is -0.131. The van der Waals surface area contributed by atoms with Crippen molar-refractivity contribution in [3.63, 3.8) is 0 Å². The summed E-state index contributed by atoms with van der Waals surface area (Å²) in [5, 5.41) is 14.6. The molecule has 1 aromatic carbocycles. The Bertz CT molecular complexity index is 831. The van der Waals surface area contributed by atoms with Gasteiger partial charge in [-0.05, 0) is 25.0 Å². The average Bonchev–Trinajstić information content (AvgIpc) is 3.23. The third kappa shape index (κ3) is 3.85. The molecule has 0 spiro atoms. The van der Waals surface area contributed by atoms with Gasteiger partial charge in [0.25, 0.3) is 0 Å². The van der Waals surface area contributed by atoms with E-state index in [0.717, 1.165) is 36.3 Å². The van der Waals surface area contributed by atoms with E-state index in [1.807, 2.05) is 0 Å². The van der Waals surface area contributed by atoms with Crippen LogP contribution in [-0.4, -0.2) is 40.5 Å². The first-order chi connectivity index (χ1) is 11.4. The number of halogens is 1. The van der Waals surface area contributed by atoms with Crippen LogP contribution in [0.4, 0.5) is 4.39 Å². The first-order valence-corrected chi connectivity index (χ1v) is 8.12. The minimum absolute atomic E-state index is 0.0555. The molecule has 0 atom stereocenters. The normalized spacial score (nSPS) is 13.7. The van der Waals surface area contributed by atoms with Crippen molar-refractivity contribution >= 4 is 39.3 Å². The van der Waals surface area contributed by atoms with Gasteiger partial charge in [0, 0.05) is 6.04 Å². The molecule has 2 amide bonds. The molecular weight excluding hydrogens is 337 g/mol. The highest BCUT2D eigenvalue weighted by Gasteiger charge is 2.23. The van der Waals surface area contributed by atoms with Crippen LogP contribution in [0.3, 0.4) is 0 Å². The van der Waals surface area contributed by atoms with Gasteiger partial charge in [-0.2, -0.15) is 0 Å². The number of nitrogens with one attached hydrogen (secondary N) is 2. The van der Waals surface area contributed by atoms with Gasteiger partial charge >= 0.3 is 5.97 Å². The lowest BCUT2D eigenvalue weighted by Crippen LogP contribution is -2.38. The zero-order chi connectivity index (χ0) is 17.3. The van der Waals surface area contributed by atoms with E-state index in [0.29, 0.717) is 15.2 Å². The Labute approximate surface area is 139 Å². The van der Waals surface area contributed by atoms with Crippen molar-refractivity contribution in [2.75, 3.05) is 6.54 Å². The van der Waals surface area contributed by atoms with Gasteiger partial charge in [-0.1, -0.05) is 0 Å². The fourth-order valence-electron chi connectivity index (χ4n) is 2.12. The molecule has 1 aliphatic rings. The van der Waals surface area contributed by atoms with E-state index in [4.69, 9.17) is 5.11 Å². The molecule has 3 N–H and O–H groups in total. The average molecular weight is 351 g/mol. The van der Waals surface area contributed by atoms with Crippen molar-refractivity contribution in [2.24, 2.45) is 0 Å². The second kappa shape index (κ2) is 6.52. The van der Waals surface area contributed by atoms with Crippen LogP contribution in [0.1, 0.15) is 28.2 Å². The number of benzene rings is 1. The van der Waals surface area contributed by atoms with Crippen molar-refractivity contribution in [1.29, 1.82) is 0 Å². The summed E-state index contributed by atoms with van der Waals surface area (Å²) in [6.07, 6.45) is 1.89. The molecule has 1 heterocycles. The number of carbonyl (C=O) groups excluding carboxylic acids is 2. The van der Waals surface area contributed by atoms with Crippen molar-refractivity contribution in [3.05, 3.63) is 28.5 Å². The molecule has 3 rings (SSSR count). The van der Waals surface area contributed by atoms with E-state index in [-0.39, 0.29) is 30.8 Å². The van der Waals surface area contributed by atoms with Gasteiger partial charge in [0.1, 0.15) is 10.8 Å². The third-order valence-electron chi connectivity index (χ3n) is 3.45. The van der Waals surface area contributed by atoms with Crippen LogP contribution in [0.5, 0.6) is 0 Å². The maximum absolute atomic E-state index is 13.6. The summed E-state index contributed by atoms with van der Waals surface area (Å²) in [4.78, 5) is 38.4. The molecule has 0 radical (unpaired) electrons. The number of amides is 2. The monoisotopic (exact) mass is 351 g/mol. The van der Waals surface area contributed by atoms with Crippen LogP contribution in [0, 0.1) is 5.82 Å². The summed E-state index contributed by atoms with van der Waals surface area (Å²) in [5.74, 6) is -2.82. The summed E-state index contributed by atoms with van der Waals surface area (Å²) < 4.78 is 14.1. The van der Waals surface area contributed by atoms with Gasteiger partial charge in [0.2, 0.25) is 11.8 Å². The van der Waals surface area contributed by atoms with Crippen LogP contribution in [0.15, 0.2) is 12.1 Å². The van der Waals surface area contributed by atoms with Crippen LogP contribution in [0.2, 0.25) is 0 Å². The van der Waals surface area contributed by atoms with E-state index >= 15 is 0 Å². The highest BCUT2D eigenvalue weighted by Crippen LogP contribution is 2.25. The predicted octanol–water partition coefficient (Wildman–Crippen LogP) is 1.07. The first-order valence-electron chi connectivity index (χ1n) is 7.30. The summed E-state index contributed by atoms with van der Waals surface area (Å²) in [7, 11) is 0. The third-order valence-corrected chi connectivity index (χ3v) is 4.47. The molecule has 1 saturated carbocycles. The van der Waals surface area contributed by atoms with E-state index in [1.54, 1.807) is 0 Å². The molecule has 1 aliphatic carbocycles. The number of thiazole rings is 1. The largest absolute Gasteiger partial charge is 0.478 e. The van der Waals surface area contributed by atoms with Gasteiger partial charge < -0.3 is 15.7 Å². The molecule has 7 nitrogen and oxygen atoms in total. The van der Waals surface area contributed by atoms with Gasteiger partial charge in [0.05, 0.1) is 28.7 Å². The number of carboxylic acids is 1. The lowest BCUT2D eigenvalue weighted by Gasteiger charge is -2.04. The zero-order valence-corrected chi connectivity index (χ0v) is 13.3. The van der Waals surface area contributed by atoms with Crippen molar-refractivity contribution in [1.82, 2.24) is 15.6 Å². The van der Waals surface area contributed by atoms with Crippen LogP contribution in [-0.2, 0) is 16.0 Å². The molecule has 0 bridgehead atoms. The van der Waals surface area contributed by atoms with Gasteiger partial charge in [-0.3, -0.25) is 9.59 Å². The predicted molar refractivity (Wildman–Crippen MR) is 84.4 cm³/mol. The second-order valence-corrected chi connectivity index (χ2v) is 6.62. The topological polar surface area (TPSA) is 108 Å². The number of hydrogen-bond donors (Lipinski definition) is 3. The Morgan fingerprint density at radius 3 is 2.71 bits per heavy atom. The van der Waals surface area contributed by atoms with E-state index in [9.17, 15) is 18.8 Å². The maximum Gasteiger partial charge on any atom is 0.338 e. The SMILES string of the molecule is O=C(Cc1nc2cc(C(=O)O)c(F)cc2s1)NCC(=O)NC1CC1. The number of fused-ring (bicyclic) bond motifs is 1. The lowest BCUT2D eigenvalue weighted by atomic mass is 10.2. The second-order valence-electron chi connectivity index (χ2n) is 5.51. The number of nitrogens with zero attached hydrogens (tertiary/aromatic N) is 1. The molecule has 0 unspecified atom stereocenters. The van der Waals surface area contributed by atoms with E-state index in [2.05, 4.69) is 15.6 Å². The van der Waals surface area contributed by atoms with E-state index < -0.39 is 17.3 Å².